The molecule has 0 aromatic heterocycles. The summed E-state index contributed by atoms with van der Waals surface area (Å²) in [6.07, 6.45) is 11.1. The molecule has 3 heteroatoms. The second-order valence-corrected chi connectivity index (χ2v) is 7.06. The number of piperidine rings is 1. The minimum absolute atomic E-state index is 0.0284. The molecule has 2 saturated carbocycles. The maximum atomic E-state index is 9.92. The molecule has 2 aliphatic carbocycles. The van der Waals surface area contributed by atoms with Crippen molar-refractivity contribution in [2.45, 2.75) is 62.9 Å². The predicted molar refractivity (Wildman–Crippen MR) is 78.2 cm³/mol. The fourth-order valence-electron chi connectivity index (χ4n) is 4.59. The van der Waals surface area contributed by atoms with Crippen molar-refractivity contribution in [1.29, 1.82) is 0 Å². The molecule has 0 radical (unpaired) electrons. The van der Waals surface area contributed by atoms with Gasteiger partial charge in [0.05, 0.1) is 12.1 Å². The number of aliphatic hydroxyl groups excluding tert-OH is 1. The van der Waals surface area contributed by atoms with Crippen LogP contribution in [0.2, 0.25) is 0 Å². The maximum Gasteiger partial charge on any atom is 0.0628 e. The Kier molecular flexibility index (Phi) is 4.16. The number of nitrogens with one attached hydrogen (secondary N) is 1. The van der Waals surface area contributed by atoms with Gasteiger partial charge in [0.2, 0.25) is 0 Å². The lowest BCUT2D eigenvalue weighted by Gasteiger charge is -2.48. The lowest BCUT2D eigenvalue weighted by atomic mass is 9.77. The van der Waals surface area contributed by atoms with Gasteiger partial charge in [-0.2, -0.15) is 0 Å². The van der Waals surface area contributed by atoms with Crippen LogP contribution in [0.15, 0.2) is 0 Å². The van der Waals surface area contributed by atoms with Crippen LogP contribution in [0.1, 0.15) is 51.4 Å². The molecule has 3 atom stereocenters. The highest BCUT2D eigenvalue weighted by molar-refractivity contribution is 5.03. The van der Waals surface area contributed by atoms with Gasteiger partial charge < -0.3 is 10.4 Å². The molecule has 0 spiro atoms. The number of hydrogen-bond donors (Lipinski definition) is 2. The van der Waals surface area contributed by atoms with Gasteiger partial charge in [-0.25, -0.2) is 0 Å². The third-order valence-electron chi connectivity index (χ3n) is 5.98. The summed E-state index contributed by atoms with van der Waals surface area (Å²) in [5, 5.41) is 13.4. The lowest BCUT2D eigenvalue weighted by Crippen LogP contribution is -2.60. The van der Waals surface area contributed by atoms with Crippen LogP contribution in [-0.2, 0) is 0 Å². The minimum Gasteiger partial charge on any atom is -0.394 e. The molecule has 3 aliphatic rings. The van der Waals surface area contributed by atoms with E-state index in [1.165, 1.54) is 57.9 Å². The Labute approximate surface area is 117 Å². The fraction of sp³-hybridized carbons (Fsp3) is 1.00. The largest absolute Gasteiger partial charge is 0.394 e. The quantitative estimate of drug-likeness (QED) is 0.799. The van der Waals surface area contributed by atoms with Crippen LogP contribution < -0.4 is 5.32 Å². The van der Waals surface area contributed by atoms with Crippen molar-refractivity contribution < 1.29 is 5.11 Å². The molecule has 19 heavy (non-hydrogen) atoms. The van der Waals surface area contributed by atoms with Crippen molar-refractivity contribution >= 4 is 0 Å². The van der Waals surface area contributed by atoms with Crippen molar-refractivity contribution in [1.82, 2.24) is 10.2 Å². The van der Waals surface area contributed by atoms with Crippen LogP contribution in [0.25, 0.3) is 0 Å². The van der Waals surface area contributed by atoms with E-state index in [-0.39, 0.29) is 5.54 Å². The fourth-order valence-corrected chi connectivity index (χ4v) is 4.59. The summed E-state index contributed by atoms with van der Waals surface area (Å²) < 4.78 is 0. The molecule has 1 heterocycles. The lowest BCUT2D eigenvalue weighted by molar-refractivity contribution is 0.0158. The molecule has 110 valence electrons. The molecule has 0 aromatic rings. The summed E-state index contributed by atoms with van der Waals surface area (Å²) >= 11 is 0. The number of nitrogens with zero attached hydrogens (tertiary/aromatic N) is 1. The summed E-state index contributed by atoms with van der Waals surface area (Å²) in [6, 6.07) is 0.806. The first-order valence-corrected chi connectivity index (χ1v) is 8.33. The highest BCUT2D eigenvalue weighted by atomic mass is 16.3. The third kappa shape index (κ3) is 2.70. The summed E-state index contributed by atoms with van der Waals surface area (Å²) in [5.74, 6) is 1.64. The minimum atomic E-state index is -0.0284. The number of aliphatic hydroxyl groups is 1. The molecule has 1 aliphatic heterocycles. The average molecular weight is 266 g/mol. The Morgan fingerprint density at radius 2 is 1.84 bits per heavy atom. The van der Waals surface area contributed by atoms with Gasteiger partial charge >= 0.3 is 0 Å². The van der Waals surface area contributed by atoms with Crippen molar-refractivity contribution in [2.24, 2.45) is 11.8 Å². The van der Waals surface area contributed by atoms with E-state index in [1.54, 1.807) is 0 Å². The van der Waals surface area contributed by atoms with Crippen LogP contribution >= 0.6 is 0 Å². The Balaban J connectivity index is 1.69. The summed E-state index contributed by atoms with van der Waals surface area (Å²) in [7, 11) is 2.04. The van der Waals surface area contributed by atoms with Gasteiger partial charge in [0.25, 0.3) is 0 Å². The Hall–Kier alpha value is -0.120. The van der Waals surface area contributed by atoms with Crippen LogP contribution in [0, 0.1) is 11.8 Å². The van der Waals surface area contributed by atoms with Crippen molar-refractivity contribution in [3.8, 4) is 0 Å². The summed E-state index contributed by atoms with van der Waals surface area (Å²) in [5.41, 5.74) is -0.0284. The van der Waals surface area contributed by atoms with E-state index < -0.39 is 0 Å². The molecule has 1 saturated heterocycles. The molecule has 3 fully saturated rings. The molecular weight excluding hydrogens is 236 g/mol. The van der Waals surface area contributed by atoms with Crippen LogP contribution in [0.5, 0.6) is 0 Å². The van der Waals surface area contributed by atoms with E-state index >= 15 is 0 Å². The molecule has 0 bridgehead atoms. The molecule has 3 nitrogen and oxygen atoms in total. The SMILES string of the molecule is CNC(CO)(CN1CCC[C@H]2CCCC[C@H]21)C1CC1. The normalized spacial score (nSPS) is 35.7. The van der Waals surface area contributed by atoms with Gasteiger partial charge in [0.15, 0.2) is 0 Å². The van der Waals surface area contributed by atoms with Crippen LogP contribution in [-0.4, -0.2) is 48.3 Å². The van der Waals surface area contributed by atoms with E-state index in [0.717, 1.165) is 18.5 Å². The monoisotopic (exact) mass is 266 g/mol. The molecule has 1 unspecified atom stereocenters. The molecule has 0 amide bonds. The summed E-state index contributed by atoms with van der Waals surface area (Å²) in [4.78, 5) is 2.72. The van der Waals surface area contributed by atoms with E-state index in [9.17, 15) is 5.11 Å². The Bertz CT molecular complexity index is 297. The molecule has 0 aromatic carbocycles. The van der Waals surface area contributed by atoms with E-state index in [2.05, 4.69) is 10.2 Å². The molecule has 2 N–H and O–H groups in total. The zero-order valence-electron chi connectivity index (χ0n) is 12.4. The number of likely N-dealkylation sites (N-methyl/N-ethyl adjacent to an activating group) is 1. The third-order valence-corrected chi connectivity index (χ3v) is 5.98. The van der Waals surface area contributed by atoms with Gasteiger partial charge in [-0.1, -0.05) is 12.8 Å². The highest BCUT2D eigenvalue weighted by Gasteiger charge is 2.46. The first kappa shape index (κ1) is 13.8. The van der Waals surface area contributed by atoms with Gasteiger partial charge in [0, 0.05) is 12.6 Å². The first-order chi connectivity index (χ1) is 9.29. The van der Waals surface area contributed by atoms with Crippen molar-refractivity contribution in [3.05, 3.63) is 0 Å². The standard InChI is InChI=1S/C16H30N2O/c1-17-16(12-19,14-8-9-14)11-18-10-4-6-13-5-2-3-7-15(13)18/h13-15,17,19H,2-12H2,1H3/t13-,15-,16?/m1/s1. The number of rotatable bonds is 5. The van der Waals surface area contributed by atoms with Crippen molar-refractivity contribution in [3.63, 3.8) is 0 Å². The van der Waals surface area contributed by atoms with Crippen LogP contribution in [0.3, 0.4) is 0 Å². The van der Waals surface area contributed by atoms with E-state index in [4.69, 9.17) is 0 Å². The Morgan fingerprint density at radius 3 is 2.53 bits per heavy atom. The zero-order chi connectivity index (χ0) is 13.3. The van der Waals surface area contributed by atoms with E-state index in [1.807, 2.05) is 7.05 Å². The first-order valence-electron chi connectivity index (χ1n) is 8.33. The van der Waals surface area contributed by atoms with Crippen molar-refractivity contribution in [2.75, 3.05) is 26.7 Å². The van der Waals surface area contributed by atoms with E-state index in [0.29, 0.717) is 12.5 Å². The highest BCUT2D eigenvalue weighted by Crippen LogP contribution is 2.42. The number of hydrogen-bond acceptors (Lipinski definition) is 3. The van der Waals surface area contributed by atoms with Gasteiger partial charge in [-0.3, -0.25) is 4.90 Å². The van der Waals surface area contributed by atoms with Crippen LogP contribution in [0.4, 0.5) is 0 Å². The second-order valence-electron chi connectivity index (χ2n) is 7.06. The number of fused-ring (bicyclic) bond motifs is 1. The average Bonchev–Trinajstić information content (AvgIpc) is 3.30. The molecular formula is C16H30N2O. The topological polar surface area (TPSA) is 35.5 Å². The zero-order valence-corrected chi connectivity index (χ0v) is 12.4. The summed E-state index contributed by atoms with van der Waals surface area (Å²) in [6.45, 7) is 2.60. The number of likely N-dealkylation sites (tertiary alicyclic amines) is 1. The van der Waals surface area contributed by atoms with Gasteiger partial charge in [0.1, 0.15) is 0 Å². The molecule has 3 rings (SSSR count). The maximum absolute atomic E-state index is 9.92. The van der Waals surface area contributed by atoms with Gasteiger partial charge in [-0.15, -0.1) is 0 Å². The van der Waals surface area contributed by atoms with Gasteiger partial charge in [-0.05, 0) is 64.0 Å². The predicted octanol–water partition coefficient (Wildman–Crippen LogP) is 2.00. The second kappa shape index (κ2) is 5.71. The Morgan fingerprint density at radius 1 is 1.11 bits per heavy atom. The smallest absolute Gasteiger partial charge is 0.0628 e.